The molecule has 0 saturated heterocycles. The first-order valence-electron chi connectivity index (χ1n) is 11.0. The van der Waals surface area contributed by atoms with Crippen molar-refractivity contribution in [2.75, 3.05) is 42.7 Å². The number of carbonyl (C=O) groups is 1. The number of aromatic amines is 1. The highest BCUT2D eigenvalue weighted by Gasteiger charge is 2.29. The number of hydrogen-bond acceptors (Lipinski definition) is 8. The molecule has 2 aromatic heterocycles. The molecule has 33 heavy (non-hydrogen) atoms. The Bertz CT molecular complexity index is 1110. The highest BCUT2D eigenvalue weighted by Crippen LogP contribution is 2.33. The van der Waals surface area contributed by atoms with E-state index < -0.39 is 0 Å². The topological polar surface area (TPSA) is 111 Å². The van der Waals surface area contributed by atoms with Gasteiger partial charge >= 0.3 is 0 Å². The molecule has 1 fully saturated rings. The Hall–Kier alpha value is -3.11. The molecule has 4 N–H and O–H groups in total. The molecule has 4 rings (SSSR count). The van der Waals surface area contributed by atoms with Crippen LogP contribution in [0, 0.1) is 19.8 Å². The summed E-state index contributed by atoms with van der Waals surface area (Å²) in [6.07, 6.45) is 1.98. The maximum Gasteiger partial charge on any atom is 0.227 e. The normalized spacial score (nSPS) is 13.1. The third-order valence-corrected chi connectivity index (χ3v) is 6.26. The Balaban J connectivity index is 1.56. The molecular weight excluding hydrogens is 436 g/mol. The van der Waals surface area contributed by atoms with E-state index in [0.29, 0.717) is 11.0 Å². The minimum atomic E-state index is 0.107. The van der Waals surface area contributed by atoms with Crippen molar-refractivity contribution >= 4 is 40.8 Å². The van der Waals surface area contributed by atoms with Crippen molar-refractivity contribution in [2.24, 2.45) is 5.92 Å². The van der Waals surface area contributed by atoms with Gasteiger partial charge in [0.15, 0.2) is 11.0 Å². The fourth-order valence-corrected chi connectivity index (χ4v) is 4.07. The SMILES string of the molecule is CNCCN(C)c1nc(Sc2ccc(NC(=O)C3CC3)cc2)nc(Nc2cc(C)[nH]n2)c1C. The number of nitrogens with zero attached hydrogens (tertiary/aromatic N) is 4. The Kier molecular flexibility index (Phi) is 7.14. The van der Waals surface area contributed by atoms with Gasteiger partial charge in [-0.05, 0) is 69.8 Å². The van der Waals surface area contributed by atoms with E-state index in [0.717, 1.165) is 59.4 Å². The molecular formula is C23H30N8OS. The van der Waals surface area contributed by atoms with E-state index in [2.05, 4.69) is 31.0 Å². The second kappa shape index (κ2) is 10.2. The van der Waals surface area contributed by atoms with Crippen LogP contribution in [0.4, 0.5) is 23.1 Å². The first kappa shape index (κ1) is 23.1. The summed E-state index contributed by atoms with van der Waals surface area (Å²) in [4.78, 5) is 24.7. The molecule has 10 heteroatoms. The molecule has 0 bridgehead atoms. The van der Waals surface area contributed by atoms with E-state index in [1.807, 2.05) is 58.3 Å². The maximum absolute atomic E-state index is 12.0. The lowest BCUT2D eigenvalue weighted by Crippen LogP contribution is -2.28. The molecule has 1 aromatic carbocycles. The number of aryl methyl sites for hydroxylation is 1. The number of hydrogen-bond donors (Lipinski definition) is 4. The number of benzene rings is 1. The summed E-state index contributed by atoms with van der Waals surface area (Å²) in [5.74, 6) is 2.59. The van der Waals surface area contributed by atoms with Crippen LogP contribution in [0.3, 0.4) is 0 Å². The number of nitrogens with one attached hydrogen (secondary N) is 4. The Morgan fingerprint density at radius 1 is 1.21 bits per heavy atom. The van der Waals surface area contributed by atoms with Crippen molar-refractivity contribution in [3.63, 3.8) is 0 Å². The zero-order valence-corrected chi connectivity index (χ0v) is 20.2. The molecule has 1 aliphatic rings. The predicted octanol–water partition coefficient (Wildman–Crippen LogP) is 3.72. The van der Waals surface area contributed by atoms with Crippen LogP contribution >= 0.6 is 11.8 Å². The fraction of sp³-hybridized carbons (Fsp3) is 0.391. The zero-order valence-electron chi connectivity index (χ0n) is 19.4. The number of aromatic nitrogens is 4. The summed E-state index contributed by atoms with van der Waals surface area (Å²) < 4.78 is 0. The van der Waals surface area contributed by atoms with Crippen LogP contribution in [0.5, 0.6) is 0 Å². The number of likely N-dealkylation sites (N-methyl/N-ethyl adjacent to an activating group) is 2. The van der Waals surface area contributed by atoms with Crippen molar-refractivity contribution in [3.8, 4) is 0 Å². The first-order valence-corrected chi connectivity index (χ1v) is 11.9. The molecule has 174 valence electrons. The minimum Gasteiger partial charge on any atom is -0.358 e. The molecule has 0 radical (unpaired) electrons. The van der Waals surface area contributed by atoms with Gasteiger partial charge in [-0.25, -0.2) is 9.97 Å². The van der Waals surface area contributed by atoms with E-state index in [1.54, 1.807) is 0 Å². The highest BCUT2D eigenvalue weighted by molar-refractivity contribution is 7.99. The lowest BCUT2D eigenvalue weighted by atomic mass is 10.3. The van der Waals surface area contributed by atoms with E-state index in [4.69, 9.17) is 9.97 Å². The molecule has 3 aromatic rings. The monoisotopic (exact) mass is 466 g/mol. The lowest BCUT2D eigenvalue weighted by molar-refractivity contribution is -0.117. The predicted molar refractivity (Wildman–Crippen MR) is 132 cm³/mol. The van der Waals surface area contributed by atoms with Crippen LogP contribution in [0.25, 0.3) is 0 Å². The lowest BCUT2D eigenvalue weighted by Gasteiger charge is -2.22. The second-order valence-corrected chi connectivity index (χ2v) is 9.32. The maximum atomic E-state index is 12.0. The number of amides is 1. The van der Waals surface area contributed by atoms with Gasteiger partial charge in [0.1, 0.15) is 11.6 Å². The van der Waals surface area contributed by atoms with Gasteiger partial charge in [-0.15, -0.1) is 0 Å². The van der Waals surface area contributed by atoms with Gasteiger partial charge in [0.25, 0.3) is 0 Å². The van der Waals surface area contributed by atoms with Gasteiger partial charge in [-0.3, -0.25) is 9.89 Å². The Morgan fingerprint density at radius 2 is 1.97 bits per heavy atom. The first-order chi connectivity index (χ1) is 15.9. The van der Waals surface area contributed by atoms with Gasteiger partial charge in [-0.1, -0.05) is 0 Å². The van der Waals surface area contributed by atoms with E-state index in [1.165, 1.54) is 11.8 Å². The van der Waals surface area contributed by atoms with Crippen molar-refractivity contribution in [1.82, 2.24) is 25.5 Å². The van der Waals surface area contributed by atoms with E-state index in [-0.39, 0.29) is 11.8 Å². The second-order valence-electron chi connectivity index (χ2n) is 8.28. The summed E-state index contributed by atoms with van der Waals surface area (Å²) in [6.45, 7) is 5.63. The summed E-state index contributed by atoms with van der Waals surface area (Å²) in [7, 11) is 3.96. The molecule has 0 aliphatic heterocycles. The minimum absolute atomic E-state index is 0.107. The smallest absolute Gasteiger partial charge is 0.227 e. The van der Waals surface area contributed by atoms with E-state index >= 15 is 0 Å². The number of H-pyrrole nitrogens is 1. The van der Waals surface area contributed by atoms with Gasteiger partial charge in [-0.2, -0.15) is 5.10 Å². The zero-order chi connectivity index (χ0) is 23.4. The van der Waals surface area contributed by atoms with Crippen LogP contribution in [-0.2, 0) is 4.79 Å². The summed E-state index contributed by atoms with van der Waals surface area (Å²) in [6, 6.07) is 9.73. The third kappa shape index (κ3) is 6.02. The van der Waals surface area contributed by atoms with Crippen molar-refractivity contribution in [1.29, 1.82) is 0 Å². The molecule has 1 aliphatic carbocycles. The molecule has 2 heterocycles. The van der Waals surface area contributed by atoms with Gasteiger partial charge in [0.05, 0.1) is 0 Å². The van der Waals surface area contributed by atoms with Crippen LogP contribution in [0.2, 0.25) is 0 Å². The van der Waals surface area contributed by atoms with E-state index in [9.17, 15) is 4.79 Å². The molecule has 0 spiro atoms. The van der Waals surface area contributed by atoms with Crippen molar-refractivity contribution in [2.45, 2.75) is 36.7 Å². The molecule has 0 unspecified atom stereocenters. The fourth-order valence-electron chi connectivity index (χ4n) is 3.31. The van der Waals surface area contributed by atoms with Crippen LogP contribution in [-0.4, -0.2) is 53.3 Å². The average molecular weight is 467 g/mol. The van der Waals surface area contributed by atoms with Crippen LogP contribution < -0.4 is 20.9 Å². The van der Waals surface area contributed by atoms with Gasteiger partial charge in [0.2, 0.25) is 5.91 Å². The van der Waals surface area contributed by atoms with Crippen LogP contribution in [0.15, 0.2) is 40.4 Å². The summed E-state index contributed by atoms with van der Waals surface area (Å²) >= 11 is 1.48. The van der Waals surface area contributed by atoms with Crippen molar-refractivity contribution < 1.29 is 4.79 Å². The summed E-state index contributed by atoms with van der Waals surface area (Å²) in [5, 5.41) is 17.3. The highest BCUT2D eigenvalue weighted by atomic mass is 32.2. The standard InChI is InChI=1S/C23H30N8OS/c1-14-13-19(30-29-14)26-20-15(2)21(31(4)12-11-24-3)28-23(27-20)33-18-9-7-17(8-10-18)25-22(32)16-5-6-16/h7-10,13,16,24H,5-6,11-12H2,1-4H3,(H,25,32)(H2,26,27,28,29,30). The average Bonchev–Trinajstić information content (AvgIpc) is 3.58. The largest absolute Gasteiger partial charge is 0.358 e. The van der Waals surface area contributed by atoms with Crippen molar-refractivity contribution in [3.05, 3.63) is 41.6 Å². The van der Waals surface area contributed by atoms with Gasteiger partial charge < -0.3 is 20.9 Å². The Labute approximate surface area is 198 Å². The van der Waals surface area contributed by atoms with Gasteiger partial charge in [0, 0.05) is 54.0 Å². The summed E-state index contributed by atoms with van der Waals surface area (Å²) in [5.41, 5.74) is 2.74. The number of anilines is 4. The molecule has 9 nitrogen and oxygen atoms in total. The molecule has 1 saturated carbocycles. The third-order valence-electron chi connectivity index (χ3n) is 5.39. The number of rotatable bonds is 10. The molecule has 1 amide bonds. The Morgan fingerprint density at radius 3 is 2.61 bits per heavy atom. The number of carbonyl (C=O) groups excluding carboxylic acids is 1. The molecule has 0 atom stereocenters. The van der Waals surface area contributed by atoms with Crippen LogP contribution in [0.1, 0.15) is 24.1 Å². The quantitative estimate of drug-likeness (QED) is 0.335.